The lowest BCUT2D eigenvalue weighted by Gasteiger charge is -2.13. The van der Waals surface area contributed by atoms with Gasteiger partial charge in [0, 0.05) is 26.7 Å². The monoisotopic (exact) mass is 501 g/mol. The molecule has 2 N–H and O–H groups in total. The highest BCUT2D eigenvalue weighted by Gasteiger charge is 2.05. The van der Waals surface area contributed by atoms with Crippen molar-refractivity contribution in [2.75, 3.05) is 40.0 Å². The molecular weight excluding hydrogens is 471 g/mol. The molecule has 0 aliphatic rings. The van der Waals surface area contributed by atoms with Gasteiger partial charge in [-0.25, -0.2) is 0 Å². The Balaban J connectivity index is 0.00000676. The minimum atomic E-state index is -2.83. The first kappa shape index (κ1) is 25.8. The Bertz CT molecular complexity index is 522. The van der Waals surface area contributed by atoms with E-state index >= 15 is 0 Å². The summed E-state index contributed by atoms with van der Waals surface area (Å²) in [7, 11) is 1.66. The highest BCUT2D eigenvalue weighted by Crippen LogP contribution is 2.15. The van der Waals surface area contributed by atoms with E-state index in [4.69, 9.17) is 9.47 Å². The molecule has 0 saturated carbocycles. The maximum Gasteiger partial charge on any atom is 0.387 e. The van der Waals surface area contributed by atoms with Gasteiger partial charge in [0.15, 0.2) is 5.96 Å². The lowest BCUT2D eigenvalue weighted by molar-refractivity contribution is -0.0498. The molecule has 0 aliphatic heterocycles. The van der Waals surface area contributed by atoms with Crippen LogP contribution in [0.3, 0.4) is 0 Å². The number of hydrogen-bond acceptors (Lipinski definition) is 4. The molecule has 0 fully saturated rings. The van der Waals surface area contributed by atoms with Crippen molar-refractivity contribution in [1.82, 2.24) is 10.6 Å². The van der Waals surface area contributed by atoms with Crippen LogP contribution in [0.15, 0.2) is 29.3 Å². The number of guanidine groups is 1. The zero-order chi connectivity index (χ0) is 19.0. The van der Waals surface area contributed by atoms with Crippen LogP contribution in [0.4, 0.5) is 8.78 Å². The van der Waals surface area contributed by atoms with E-state index in [1.807, 2.05) is 6.07 Å². The Morgan fingerprint density at radius 1 is 1.11 bits per heavy atom. The highest BCUT2D eigenvalue weighted by molar-refractivity contribution is 14.0. The largest absolute Gasteiger partial charge is 0.435 e. The second-order valence-electron chi connectivity index (χ2n) is 5.46. The minimum absolute atomic E-state index is 0. The van der Waals surface area contributed by atoms with Crippen LogP contribution in [0.2, 0.25) is 0 Å². The van der Waals surface area contributed by atoms with Gasteiger partial charge >= 0.3 is 6.61 Å². The van der Waals surface area contributed by atoms with Crippen LogP contribution in [0, 0.1) is 0 Å². The minimum Gasteiger partial charge on any atom is -0.435 e. The van der Waals surface area contributed by atoms with E-state index in [0.29, 0.717) is 38.9 Å². The summed E-state index contributed by atoms with van der Waals surface area (Å²) in [5.41, 5.74) is 0.812. The Morgan fingerprint density at radius 3 is 2.52 bits per heavy atom. The van der Waals surface area contributed by atoms with Gasteiger partial charge in [-0.1, -0.05) is 25.5 Å². The topological polar surface area (TPSA) is 64.1 Å². The molecule has 9 heteroatoms. The van der Waals surface area contributed by atoms with E-state index in [1.165, 1.54) is 6.07 Å². The molecule has 6 nitrogen and oxygen atoms in total. The van der Waals surface area contributed by atoms with Crippen molar-refractivity contribution in [3.05, 3.63) is 29.8 Å². The predicted molar refractivity (Wildman–Crippen MR) is 113 cm³/mol. The zero-order valence-electron chi connectivity index (χ0n) is 15.9. The SMILES string of the molecule is CCCCOCCOCCNC(=NC)NCc1cccc(OC(F)F)c1.I. The third-order valence-corrected chi connectivity index (χ3v) is 3.36. The van der Waals surface area contributed by atoms with Gasteiger partial charge in [0.25, 0.3) is 0 Å². The summed E-state index contributed by atoms with van der Waals surface area (Å²) in [5.74, 6) is 0.741. The van der Waals surface area contributed by atoms with Crippen LogP contribution < -0.4 is 15.4 Å². The van der Waals surface area contributed by atoms with E-state index in [9.17, 15) is 8.78 Å². The molecule has 0 atom stereocenters. The van der Waals surface area contributed by atoms with E-state index in [-0.39, 0.29) is 29.7 Å². The Hall–Kier alpha value is -1.20. The molecule has 0 amide bonds. The van der Waals surface area contributed by atoms with Gasteiger partial charge < -0.3 is 24.8 Å². The van der Waals surface area contributed by atoms with Crippen molar-refractivity contribution >= 4 is 29.9 Å². The average molecular weight is 501 g/mol. The molecule has 0 unspecified atom stereocenters. The lowest BCUT2D eigenvalue weighted by atomic mass is 10.2. The first-order valence-electron chi connectivity index (χ1n) is 8.79. The van der Waals surface area contributed by atoms with Gasteiger partial charge in [-0.15, -0.1) is 24.0 Å². The zero-order valence-corrected chi connectivity index (χ0v) is 18.2. The van der Waals surface area contributed by atoms with Gasteiger partial charge in [0.1, 0.15) is 5.75 Å². The molecule has 27 heavy (non-hydrogen) atoms. The molecule has 0 heterocycles. The molecule has 1 aromatic rings. The Morgan fingerprint density at radius 2 is 1.85 bits per heavy atom. The molecule has 156 valence electrons. The molecule has 0 spiro atoms. The van der Waals surface area contributed by atoms with E-state index in [2.05, 4.69) is 27.3 Å². The third kappa shape index (κ3) is 13.6. The molecule has 1 rings (SSSR count). The number of nitrogens with zero attached hydrogens (tertiary/aromatic N) is 1. The summed E-state index contributed by atoms with van der Waals surface area (Å²) in [4.78, 5) is 4.10. The quantitative estimate of drug-likeness (QED) is 0.188. The lowest BCUT2D eigenvalue weighted by Crippen LogP contribution is -2.38. The number of alkyl halides is 2. The van der Waals surface area contributed by atoms with Gasteiger partial charge in [0.2, 0.25) is 0 Å². The number of unbranched alkanes of at least 4 members (excludes halogenated alkanes) is 1. The Kier molecular flexibility index (Phi) is 16.2. The number of aliphatic imine (C=N–C) groups is 1. The van der Waals surface area contributed by atoms with Crippen molar-refractivity contribution in [3.8, 4) is 5.75 Å². The number of hydrogen-bond donors (Lipinski definition) is 2. The molecule has 0 bridgehead atoms. The summed E-state index contributed by atoms with van der Waals surface area (Å²) in [6.45, 7) is 2.81. The fraction of sp³-hybridized carbons (Fsp3) is 0.611. The van der Waals surface area contributed by atoms with Crippen LogP contribution >= 0.6 is 24.0 Å². The smallest absolute Gasteiger partial charge is 0.387 e. The fourth-order valence-electron chi connectivity index (χ4n) is 2.05. The molecule has 0 radical (unpaired) electrons. The van der Waals surface area contributed by atoms with Crippen molar-refractivity contribution in [3.63, 3.8) is 0 Å². The van der Waals surface area contributed by atoms with Gasteiger partial charge in [-0.2, -0.15) is 8.78 Å². The number of halogens is 3. The van der Waals surface area contributed by atoms with E-state index in [1.54, 1.807) is 19.2 Å². The summed E-state index contributed by atoms with van der Waals surface area (Å²) in [5, 5.41) is 6.23. The summed E-state index contributed by atoms with van der Waals surface area (Å²) in [6.07, 6.45) is 2.20. The number of benzene rings is 1. The first-order valence-corrected chi connectivity index (χ1v) is 8.79. The van der Waals surface area contributed by atoms with Crippen molar-refractivity contribution in [1.29, 1.82) is 0 Å². The maximum absolute atomic E-state index is 12.2. The highest BCUT2D eigenvalue weighted by atomic mass is 127. The number of ether oxygens (including phenoxy) is 3. The van der Waals surface area contributed by atoms with Crippen molar-refractivity contribution in [2.24, 2.45) is 4.99 Å². The van der Waals surface area contributed by atoms with E-state index in [0.717, 1.165) is 25.0 Å². The fourth-order valence-corrected chi connectivity index (χ4v) is 2.05. The molecule has 0 aromatic heterocycles. The normalized spacial score (nSPS) is 11.2. The number of nitrogens with one attached hydrogen (secondary N) is 2. The summed E-state index contributed by atoms with van der Waals surface area (Å²) < 4.78 is 39.7. The van der Waals surface area contributed by atoms with Crippen LogP contribution in [-0.2, 0) is 16.0 Å². The summed E-state index contributed by atoms with van der Waals surface area (Å²) >= 11 is 0. The van der Waals surface area contributed by atoms with Crippen molar-refractivity contribution in [2.45, 2.75) is 32.9 Å². The standard InChI is InChI=1S/C18H29F2N3O3.HI/c1-3-4-9-24-11-12-25-10-8-22-18(21-2)23-14-15-6-5-7-16(13-15)26-17(19)20;/h5-7,13,17H,3-4,8-12,14H2,1-2H3,(H2,21,22,23);1H. The maximum atomic E-state index is 12.2. The molecule has 0 aliphatic carbocycles. The second-order valence-corrected chi connectivity index (χ2v) is 5.46. The van der Waals surface area contributed by atoms with Crippen LogP contribution in [0.25, 0.3) is 0 Å². The van der Waals surface area contributed by atoms with Crippen LogP contribution in [0.1, 0.15) is 25.3 Å². The predicted octanol–water partition coefficient (Wildman–Crippen LogP) is 3.40. The third-order valence-electron chi connectivity index (χ3n) is 3.36. The average Bonchev–Trinajstić information content (AvgIpc) is 2.62. The Labute approximate surface area is 177 Å². The van der Waals surface area contributed by atoms with Gasteiger partial charge in [-0.05, 0) is 24.1 Å². The molecule has 0 saturated heterocycles. The molecule has 1 aromatic carbocycles. The molecular formula is C18H30F2IN3O3. The van der Waals surface area contributed by atoms with Crippen LogP contribution in [0.5, 0.6) is 5.75 Å². The van der Waals surface area contributed by atoms with Gasteiger partial charge in [-0.3, -0.25) is 4.99 Å². The first-order chi connectivity index (χ1) is 12.7. The number of rotatable bonds is 13. The van der Waals surface area contributed by atoms with E-state index < -0.39 is 6.61 Å². The second kappa shape index (κ2) is 16.9. The van der Waals surface area contributed by atoms with Gasteiger partial charge in [0.05, 0.1) is 19.8 Å². The summed E-state index contributed by atoms with van der Waals surface area (Å²) in [6, 6.07) is 6.54. The van der Waals surface area contributed by atoms with Crippen LogP contribution in [-0.4, -0.2) is 52.6 Å². The van der Waals surface area contributed by atoms with Crippen molar-refractivity contribution < 1.29 is 23.0 Å².